The SMILES string of the molecule is CCCCCCCCCCCCCC(=O)[O-].CCCCCCCCCCCCCC(=O)[O-].[Zn+2]. The Morgan fingerprint density at radius 1 is 0.394 bits per heavy atom. The van der Waals surface area contributed by atoms with Crippen molar-refractivity contribution in [1.82, 2.24) is 0 Å². The fourth-order valence-corrected chi connectivity index (χ4v) is 3.87. The molecule has 0 atom stereocenters. The van der Waals surface area contributed by atoms with E-state index in [1.54, 1.807) is 0 Å². The summed E-state index contributed by atoms with van der Waals surface area (Å²) in [6.07, 6.45) is 28.1. The average Bonchev–Trinajstić information content (AvgIpc) is 2.76. The third-order valence-corrected chi connectivity index (χ3v) is 5.97. The largest absolute Gasteiger partial charge is 2.00 e. The van der Waals surface area contributed by atoms with Crippen molar-refractivity contribution in [1.29, 1.82) is 0 Å². The summed E-state index contributed by atoms with van der Waals surface area (Å²) in [5.41, 5.74) is 0. The Labute approximate surface area is 218 Å². The summed E-state index contributed by atoms with van der Waals surface area (Å²) in [6, 6.07) is 0. The van der Waals surface area contributed by atoms with Gasteiger partial charge in [-0.25, -0.2) is 0 Å². The maximum atomic E-state index is 10.1. The number of carbonyl (C=O) groups is 2. The van der Waals surface area contributed by atoms with Crippen LogP contribution in [0.25, 0.3) is 0 Å². The van der Waals surface area contributed by atoms with Crippen LogP contribution in [-0.2, 0) is 29.1 Å². The molecule has 0 fully saturated rings. The van der Waals surface area contributed by atoms with Crippen LogP contribution in [0.1, 0.15) is 168 Å². The minimum atomic E-state index is -0.907. The molecule has 0 N–H and O–H groups in total. The van der Waals surface area contributed by atoms with Crippen LogP contribution < -0.4 is 10.2 Å². The minimum Gasteiger partial charge on any atom is -0.550 e. The first-order valence-corrected chi connectivity index (χ1v) is 13.9. The van der Waals surface area contributed by atoms with Gasteiger partial charge in [-0.1, -0.05) is 142 Å². The Balaban J connectivity index is -0.000000529. The van der Waals surface area contributed by atoms with Crippen molar-refractivity contribution in [3.05, 3.63) is 0 Å². The molecule has 0 unspecified atom stereocenters. The summed E-state index contributed by atoms with van der Waals surface area (Å²) < 4.78 is 0. The number of carboxylic acids is 2. The van der Waals surface area contributed by atoms with E-state index in [4.69, 9.17) is 0 Å². The number of unbranched alkanes of at least 4 members (excludes halogenated alkanes) is 20. The van der Waals surface area contributed by atoms with Gasteiger partial charge in [0.15, 0.2) is 0 Å². The summed E-state index contributed by atoms with van der Waals surface area (Å²) in [4.78, 5) is 20.3. The van der Waals surface area contributed by atoms with Crippen molar-refractivity contribution in [2.24, 2.45) is 0 Å². The molecule has 0 heterocycles. The zero-order valence-electron chi connectivity index (χ0n) is 22.3. The van der Waals surface area contributed by atoms with E-state index in [1.807, 2.05) is 0 Å². The van der Waals surface area contributed by atoms with Crippen molar-refractivity contribution in [3.63, 3.8) is 0 Å². The molecule has 4 nitrogen and oxygen atoms in total. The molecular formula is C28H54O4Zn. The third kappa shape index (κ3) is 42.2. The van der Waals surface area contributed by atoms with Gasteiger partial charge in [0, 0.05) is 11.9 Å². The Bertz CT molecular complexity index is 352. The van der Waals surface area contributed by atoms with Gasteiger partial charge in [-0.05, 0) is 25.7 Å². The Morgan fingerprint density at radius 2 is 0.576 bits per heavy atom. The standard InChI is InChI=1S/2C14H28O2.Zn/c2*1-2-3-4-5-6-7-8-9-10-11-12-13-14(15)16;/h2*2-13H2,1H3,(H,15,16);/q;;+2/p-2. The van der Waals surface area contributed by atoms with E-state index >= 15 is 0 Å². The van der Waals surface area contributed by atoms with Crippen molar-refractivity contribution in [2.75, 3.05) is 0 Å². The molecule has 33 heavy (non-hydrogen) atoms. The number of hydrogen-bond donors (Lipinski definition) is 0. The molecule has 0 amide bonds. The van der Waals surface area contributed by atoms with Crippen molar-refractivity contribution >= 4 is 11.9 Å². The monoisotopic (exact) mass is 518 g/mol. The van der Waals surface area contributed by atoms with Gasteiger partial charge in [0.25, 0.3) is 0 Å². The predicted octanol–water partition coefficient (Wildman–Crippen LogP) is 6.87. The first-order chi connectivity index (χ1) is 15.5. The predicted molar refractivity (Wildman–Crippen MR) is 132 cm³/mol. The van der Waals surface area contributed by atoms with E-state index < -0.39 is 11.9 Å². The molecule has 0 aliphatic heterocycles. The van der Waals surface area contributed by atoms with Gasteiger partial charge < -0.3 is 19.8 Å². The smallest absolute Gasteiger partial charge is 0.550 e. The van der Waals surface area contributed by atoms with Crippen LogP contribution in [0.3, 0.4) is 0 Å². The second-order valence-electron chi connectivity index (χ2n) is 9.32. The van der Waals surface area contributed by atoms with Gasteiger partial charge in [0.05, 0.1) is 0 Å². The third-order valence-electron chi connectivity index (χ3n) is 5.97. The van der Waals surface area contributed by atoms with Crippen LogP contribution in [0.4, 0.5) is 0 Å². The molecule has 0 rings (SSSR count). The van der Waals surface area contributed by atoms with Gasteiger partial charge in [0.1, 0.15) is 0 Å². The molecule has 0 aliphatic carbocycles. The number of carboxylic acid groups (broad SMARTS) is 2. The number of rotatable bonds is 24. The van der Waals surface area contributed by atoms with Gasteiger partial charge >= 0.3 is 19.5 Å². The number of aliphatic carboxylic acids is 2. The average molecular weight is 520 g/mol. The summed E-state index contributed by atoms with van der Waals surface area (Å²) in [5, 5.41) is 20.3. The van der Waals surface area contributed by atoms with Crippen molar-refractivity contribution in [3.8, 4) is 0 Å². The summed E-state index contributed by atoms with van der Waals surface area (Å²) >= 11 is 0. The van der Waals surface area contributed by atoms with Crippen molar-refractivity contribution < 1.29 is 39.3 Å². The topological polar surface area (TPSA) is 80.3 Å². The molecule has 0 aromatic heterocycles. The van der Waals surface area contributed by atoms with Gasteiger partial charge in [0.2, 0.25) is 0 Å². The molecule has 0 spiro atoms. The van der Waals surface area contributed by atoms with Crippen molar-refractivity contribution in [2.45, 2.75) is 168 Å². The maximum absolute atomic E-state index is 10.1. The fourth-order valence-electron chi connectivity index (χ4n) is 3.87. The number of hydrogen-bond acceptors (Lipinski definition) is 4. The molecule has 0 aliphatic rings. The van der Waals surface area contributed by atoms with Gasteiger partial charge in [-0.3, -0.25) is 0 Å². The molecule has 0 radical (unpaired) electrons. The van der Waals surface area contributed by atoms with E-state index in [-0.39, 0.29) is 32.3 Å². The van der Waals surface area contributed by atoms with E-state index in [9.17, 15) is 19.8 Å². The van der Waals surface area contributed by atoms with Gasteiger partial charge in [-0.2, -0.15) is 0 Å². The summed E-state index contributed by atoms with van der Waals surface area (Å²) in [5.74, 6) is -1.81. The molecular weight excluding hydrogens is 466 g/mol. The first kappa shape index (κ1) is 37.1. The Kier molecular flexibility index (Phi) is 37.9. The maximum Gasteiger partial charge on any atom is 2.00 e. The molecule has 0 saturated heterocycles. The molecule has 192 valence electrons. The Morgan fingerprint density at radius 3 is 0.758 bits per heavy atom. The zero-order chi connectivity index (χ0) is 24.1. The molecule has 0 saturated carbocycles. The van der Waals surface area contributed by atoms with Crippen LogP contribution in [0, 0.1) is 0 Å². The summed E-state index contributed by atoms with van der Waals surface area (Å²) in [7, 11) is 0. The van der Waals surface area contributed by atoms with Crippen LogP contribution >= 0.6 is 0 Å². The second kappa shape index (κ2) is 33.7. The fraction of sp³-hybridized carbons (Fsp3) is 0.929. The second-order valence-corrected chi connectivity index (χ2v) is 9.32. The Hall–Kier alpha value is -0.437. The normalized spacial score (nSPS) is 10.2. The van der Waals surface area contributed by atoms with Gasteiger partial charge in [-0.15, -0.1) is 0 Å². The first-order valence-electron chi connectivity index (χ1n) is 13.9. The van der Waals surface area contributed by atoms with Crippen LogP contribution in [0.5, 0.6) is 0 Å². The quantitative estimate of drug-likeness (QED) is 0.103. The van der Waals surface area contributed by atoms with E-state index in [0.717, 1.165) is 25.7 Å². The molecule has 0 aromatic carbocycles. The van der Waals surface area contributed by atoms with E-state index in [0.29, 0.717) is 0 Å². The summed E-state index contributed by atoms with van der Waals surface area (Å²) in [6.45, 7) is 4.49. The minimum absolute atomic E-state index is 0. The van der Waals surface area contributed by atoms with E-state index in [1.165, 1.54) is 116 Å². The molecule has 5 heteroatoms. The van der Waals surface area contributed by atoms with Crippen LogP contribution in [0.15, 0.2) is 0 Å². The zero-order valence-corrected chi connectivity index (χ0v) is 25.3. The molecule has 0 aromatic rings. The van der Waals surface area contributed by atoms with Crippen LogP contribution in [-0.4, -0.2) is 11.9 Å². The molecule has 0 bridgehead atoms. The number of carbonyl (C=O) groups excluding carboxylic acids is 2. The van der Waals surface area contributed by atoms with Crippen LogP contribution in [0.2, 0.25) is 0 Å². The van der Waals surface area contributed by atoms with E-state index in [2.05, 4.69) is 13.8 Å².